The van der Waals surface area contributed by atoms with Gasteiger partial charge < -0.3 is 10.5 Å². The summed E-state index contributed by atoms with van der Waals surface area (Å²) in [6.07, 6.45) is 5.52. The Hall–Kier alpha value is -0.160. The molecule has 0 spiro atoms. The van der Waals surface area contributed by atoms with Crippen LogP contribution in [-0.4, -0.2) is 67.8 Å². The molecule has 1 saturated carbocycles. The molecule has 1 aliphatic heterocycles. The Morgan fingerprint density at radius 3 is 2.72 bits per heavy atom. The smallest absolute Gasteiger partial charge is 0.0829 e. The van der Waals surface area contributed by atoms with Crippen LogP contribution >= 0.6 is 0 Å². The molecule has 0 aromatic carbocycles. The molecule has 0 aromatic heterocycles. The maximum absolute atomic E-state index is 6.04. The molecule has 106 valence electrons. The third kappa shape index (κ3) is 3.05. The van der Waals surface area contributed by atoms with E-state index in [-0.39, 0.29) is 5.54 Å². The van der Waals surface area contributed by atoms with E-state index < -0.39 is 0 Å². The van der Waals surface area contributed by atoms with Gasteiger partial charge in [0.25, 0.3) is 0 Å². The summed E-state index contributed by atoms with van der Waals surface area (Å²) in [5, 5.41) is 0. The maximum Gasteiger partial charge on any atom is 0.0829 e. The van der Waals surface area contributed by atoms with Crippen LogP contribution in [0, 0.1) is 0 Å². The molecule has 1 heterocycles. The number of rotatable bonds is 5. The first-order valence-electron chi connectivity index (χ1n) is 7.45. The standard InChI is InChI=1S/C14H29N3O/c1-3-17-8-9-18-13(11-17)10-16(2)14(12-15)6-4-5-7-14/h13H,3-12,15H2,1-2H3. The number of nitrogens with two attached hydrogens (primary N) is 1. The normalized spacial score (nSPS) is 29.0. The van der Waals surface area contributed by atoms with E-state index in [0.29, 0.717) is 6.10 Å². The summed E-state index contributed by atoms with van der Waals surface area (Å²) in [6.45, 7) is 8.19. The van der Waals surface area contributed by atoms with Crippen molar-refractivity contribution < 1.29 is 4.74 Å². The van der Waals surface area contributed by atoms with Gasteiger partial charge in [0.1, 0.15) is 0 Å². The zero-order valence-electron chi connectivity index (χ0n) is 12.0. The SMILES string of the molecule is CCN1CCOC(CN(C)C2(CN)CCCC2)C1. The number of ether oxygens (including phenoxy) is 1. The first-order valence-corrected chi connectivity index (χ1v) is 7.45. The monoisotopic (exact) mass is 255 g/mol. The average Bonchev–Trinajstić information content (AvgIpc) is 2.89. The van der Waals surface area contributed by atoms with E-state index in [4.69, 9.17) is 10.5 Å². The molecule has 0 radical (unpaired) electrons. The van der Waals surface area contributed by atoms with Gasteiger partial charge in [-0.15, -0.1) is 0 Å². The lowest BCUT2D eigenvalue weighted by Crippen LogP contribution is -2.55. The summed E-state index contributed by atoms with van der Waals surface area (Å²) in [6, 6.07) is 0. The summed E-state index contributed by atoms with van der Waals surface area (Å²) in [5.41, 5.74) is 6.28. The molecule has 2 N–H and O–H groups in total. The lowest BCUT2D eigenvalue weighted by Gasteiger charge is -2.41. The molecule has 2 rings (SSSR count). The zero-order chi connectivity index (χ0) is 13.0. The lowest BCUT2D eigenvalue weighted by atomic mass is 9.95. The van der Waals surface area contributed by atoms with Gasteiger partial charge in [0.2, 0.25) is 0 Å². The predicted octanol–water partition coefficient (Wildman–Crippen LogP) is 0.910. The molecular formula is C14H29N3O. The van der Waals surface area contributed by atoms with Crippen molar-refractivity contribution in [3.05, 3.63) is 0 Å². The van der Waals surface area contributed by atoms with Crippen LogP contribution in [0.2, 0.25) is 0 Å². The van der Waals surface area contributed by atoms with Crippen molar-refractivity contribution in [1.29, 1.82) is 0 Å². The van der Waals surface area contributed by atoms with E-state index in [2.05, 4.69) is 23.8 Å². The molecule has 0 amide bonds. The van der Waals surface area contributed by atoms with Gasteiger partial charge in [0, 0.05) is 31.7 Å². The number of nitrogens with zero attached hydrogens (tertiary/aromatic N) is 2. The number of hydrogen-bond donors (Lipinski definition) is 1. The highest BCUT2D eigenvalue weighted by Crippen LogP contribution is 2.33. The van der Waals surface area contributed by atoms with Crippen LogP contribution in [0.5, 0.6) is 0 Å². The minimum atomic E-state index is 0.248. The van der Waals surface area contributed by atoms with Crippen molar-refractivity contribution in [3.63, 3.8) is 0 Å². The first-order chi connectivity index (χ1) is 8.70. The predicted molar refractivity (Wildman–Crippen MR) is 74.7 cm³/mol. The van der Waals surface area contributed by atoms with Gasteiger partial charge in [0.05, 0.1) is 12.7 Å². The summed E-state index contributed by atoms with van der Waals surface area (Å²) in [4.78, 5) is 4.95. The molecule has 2 fully saturated rings. The van der Waals surface area contributed by atoms with Crippen LogP contribution in [0.4, 0.5) is 0 Å². The van der Waals surface area contributed by atoms with Crippen LogP contribution < -0.4 is 5.73 Å². The molecule has 0 bridgehead atoms. The Morgan fingerprint density at radius 1 is 1.39 bits per heavy atom. The van der Waals surface area contributed by atoms with Gasteiger partial charge in [-0.3, -0.25) is 9.80 Å². The van der Waals surface area contributed by atoms with Crippen LogP contribution in [-0.2, 0) is 4.74 Å². The van der Waals surface area contributed by atoms with Gasteiger partial charge in [0.15, 0.2) is 0 Å². The van der Waals surface area contributed by atoms with E-state index in [9.17, 15) is 0 Å². The molecule has 4 heteroatoms. The molecule has 18 heavy (non-hydrogen) atoms. The number of hydrogen-bond acceptors (Lipinski definition) is 4. The molecule has 1 unspecified atom stereocenters. The summed E-state index contributed by atoms with van der Waals surface area (Å²) in [5.74, 6) is 0. The molecule has 1 atom stereocenters. The molecule has 1 saturated heterocycles. The van der Waals surface area contributed by atoms with Crippen molar-refractivity contribution >= 4 is 0 Å². The molecule has 0 aromatic rings. The van der Waals surface area contributed by atoms with Crippen molar-refractivity contribution in [3.8, 4) is 0 Å². The number of likely N-dealkylation sites (N-methyl/N-ethyl adjacent to an activating group) is 2. The van der Waals surface area contributed by atoms with E-state index in [1.165, 1.54) is 25.7 Å². The van der Waals surface area contributed by atoms with Crippen LogP contribution in [0.3, 0.4) is 0 Å². The van der Waals surface area contributed by atoms with Crippen molar-refractivity contribution in [2.24, 2.45) is 5.73 Å². The fourth-order valence-corrected chi connectivity index (χ4v) is 3.45. The maximum atomic E-state index is 6.04. The highest BCUT2D eigenvalue weighted by molar-refractivity contribution is 4.95. The van der Waals surface area contributed by atoms with Gasteiger partial charge in [-0.25, -0.2) is 0 Å². The lowest BCUT2D eigenvalue weighted by molar-refractivity contribution is -0.0522. The van der Waals surface area contributed by atoms with Crippen LogP contribution in [0.1, 0.15) is 32.6 Å². The minimum absolute atomic E-state index is 0.248. The Kier molecular flexibility index (Phi) is 5.01. The van der Waals surface area contributed by atoms with Crippen LogP contribution in [0.15, 0.2) is 0 Å². The third-order valence-electron chi connectivity index (χ3n) is 4.87. The van der Waals surface area contributed by atoms with Gasteiger partial charge in [-0.2, -0.15) is 0 Å². The van der Waals surface area contributed by atoms with E-state index in [0.717, 1.165) is 39.3 Å². The fourth-order valence-electron chi connectivity index (χ4n) is 3.45. The quantitative estimate of drug-likeness (QED) is 0.793. The molecule has 1 aliphatic carbocycles. The van der Waals surface area contributed by atoms with E-state index in [1.54, 1.807) is 0 Å². The third-order valence-corrected chi connectivity index (χ3v) is 4.87. The highest BCUT2D eigenvalue weighted by atomic mass is 16.5. The van der Waals surface area contributed by atoms with E-state index in [1.807, 2.05) is 0 Å². The summed E-state index contributed by atoms with van der Waals surface area (Å²) >= 11 is 0. The summed E-state index contributed by atoms with van der Waals surface area (Å²) < 4.78 is 5.91. The molecular weight excluding hydrogens is 226 g/mol. The van der Waals surface area contributed by atoms with Gasteiger partial charge >= 0.3 is 0 Å². The highest BCUT2D eigenvalue weighted by Gasteiger charge is 2.37. The second kappa shape index (κ2) is 6.33. The fraction of sp³-hybridized carbons (Fsp3) is 1.00. The average molecular weight is 255 g/mol. The molecule has 4 nitrogen and oxygen atoms in total. The zero-order valence-corrected chi connectivity index (χ0v) is 12.0. The number of morpholine rings is 1. The van der Waals surface area contributed by atoms with Gasteiger partial charge in [-0.1, -0.05) is 19.8 Å². The Balaban J connectivity index is 1.87. The van der Waals surface area contributed by atoms with Crippen LogP contribution in [0.25, 0.3) is 0 Å². The first kappa shape index (κ1) is 14.3. The second-order valence-corrected chi connectivity index (χ2v) is 5.90. The Bertz CT molecular complexity index is 253. The topological polar surface area (TPSA) is 41.7 Å². The van der Waals surface area contributed by atoms with E-state index >= 15 is 0 Å². The van der Waals surface area contributed by atoms with Gasteiger partial charge in [-0.05, 0) is 26.4 Å². The second-order valence-electron chi connectivity index (χ2n) is 5.90. The Morgan fingerprint density at radius 2 is 2.11 bits per heavy atom. The van der Waals surface area contributed by atoms with Crippen molar-refractivity contribution in [2.45, 2.75) is 44.2 Å². The summed E-state index contributed by atoms with van der Waals surface area (Å²) in [7, 11) is 2.23. The largest absolute Gasteiger partial charge is 0.374 e. The Labute approximate surface area is 111 Å². The van der Waals surface area contributed by atoms with Crippen molar-refractivity contribution in [2.75, 3.05) is 46.4 Å². The molecule has 2 aliphatic rings. The minimum Gasteiger partial charge on any atom is -0.374 e. The van der Waals surface area contributed by atoms with Crippen molar-refractivity contribution in [1.82, 2.24) is 9.80 Å².